The first kappa shape index (κ1) is 21.9. The van der Waals surface area contributed by atoms with Crippen molar-refractivity contribution in [2.75, 3.05) is 32.8 Å². The molecule has 3 aromatic rings. The average molecular weight is 449 g/mol. The van der Waals surface area contributed by atoms with Crippen molar-refractivity contribution in [3.05, 3.63) is 59.8 Å². The van der Waals surface area contributed by atoms with E-state index >= 15 is 0 Å². The molecule has 5 atom stereocenters. The third-order valence-electron chi connectivity index (χ3n) is 6.69. The van der Waals surface area contributed by atoms with Crippen molar-refractivity contribution in [1.29, 1.82) is 0 Å². The zero-order chi connectivity index (χ0) is 22.9. The van der Waals surface area contributed by atoms with Crippen LogP contribution in [0.25, 0.3) is 11.3 Å². The number of imidazole rings is 1. The summed E-state index contributed by atoms with van der Waals surface area (Å²) in [6, 6.07) is 9.18. The molecule has 2 aromatic heterocycles. The largest absolute Gasteiger partial charge is 0.395 e. The van der Waals surface area contributed by atoms with Crippen molar-refractivity contribution < 1.29 is 19.8 Å². The van der Waals surface area contributed by atoms with E-state index in [4.69, 9.17) is 9.63 Å². The highest BCUT2D eigenvalue weighted by Crippen LogP contribution is 2.51. The normalized spacial score (nSPS) is 23.6. The van der Waals surface area contributed by atoms with E-state index in [1.807, 2.05) is 24.3 Å². The molecule has 2 aliphatic rings. The van der Waals surface area contributed by atoms with Gasteiger partial charge in [0.25, 0.3) is 0 Å². The molecule has 0 radical (unpaired) electrons. The summed E-state index contributed by atoms with van der Waals surface area (Å²) in [5.74, 6) is 9.56. The molecule has 2 fully saturated rings. The molecule has 1 aliphatic carbocycles. The number of aromatic nitrogens is 3. The first-order valence-electron chi connectivity index (χ1n) is 11.3. The Bertz CT molecular complexity index is 1150. The summed E-state index contributed by atoms with van der Waals surface area (Å²) in [7, 11) is 0. The van der Waals surface area contributed by atoms with Crippen LogP contribution in [0.15, 0.2) is 47.2 Å². The molecule has 3 heterocycles. The Morgan fingerprint density at radius 1 is 1.18 bits per heavy atom. The second-order valence-electron chi connectivity index (χ2n) is 8.87. The lowest BCUT2D eigenvalue weighted by Gasteiger charge is -2.17. The Morgan fingerprint density at radius 3 is 2.61 bits per heavy atom. The van der Waals surface area contributed by atoms with Gasteiger partial charge < -0.3 is 29.3 Å². The number of nitrogens with zero attached hydrogens (tertiary/aromatic N) is 4. The quantitative estimate of drug-likeness (QED) is 0.472. The molecule has 1 aromatic carbocycles. The lowest BCUT2D eigenvalue weighted by molar-refractivity contribution is 0.173. The highest BCUT2D eigenvalue weighted by molar-refractivity contribution is 5.59. The molecule has 0 bridgehead atoms. The third kappa shape index (κ3) is 4.33. The van der Waals surface area contributed by atoms with Gasteiger partial charge in [-0.05, 0) is 43.0 Å². The summed E-state index contributed by atoms with van der Waals surface area (Å²) in [4.78, 5) is 6.48. The van der Waals surface area contributed by atoms with Gasteiger partial charge in [0.05, 0.1) is 13.2 Å². The van der Waals surface area contributed by atoms with Gasteiger partial charge in [-0.25, -0.2) is 4.98 Å². The Kier molecular flexibility index (Phi) is 6.04. The Hall–Kier alpha value is -2.96. The number of rotatable bonds is 7. The molecule has 0 spiro atoms. The molecule has 1 saturated carbocycles. The van der Waals surface area contributed by atoms with E-state index in [0.29, 0.717) is 35.0 Å². The van der Waals surface area contributed by atoms with Gasteiger partial charge in [0.1, 0.15) is 23.7 Å². The Morgan fingerprint density at radius 2 is 1.94 bits per heavy atom. The molecule has 8 nitrogen and oxygen atoms in total. The first-order valence-corrected chi connectivity index (χ1v) is 11.3. The summed E-state index contributed by atoms with van der Waals surface area (Å²) in [6.45, 7) is 4.52. The van der Waals surface area contributed by atoms with Crippen LogP contribution in [0, 0.1) is 29.6 Å². The van der Waals surface area contributed by atoms with E-state index in [2.05, 4.69) is 26.9 Å². The number of piperidine rings is 1. The molecule has 1 saturated heterocycles. The number of aliphatic hydroxyl groups is 3. The summed E-state index contributed by atoms with van der Waals surface area (Å²) < 4.78 is 7.25. The summed E-state index contributed by atoms with van der Waals surface area (Å²) in [5, 5.41) is 33.1. The number of hydrogen-bond donors (Lipinski definition) is 3. The second kappa shape index (κ2) is 9.12. The smallest absolute Gasteiger partial charge is 0.167 e. The second-order valence-corrected chi connectivity index (χ2v) is 8.87. The number of likely N-dealkylation sites (tertiary alicyclic amines) is 1. The number of β-amino-alcohol motifs (C(OH)–C–C–N with tert-alkyl or cyclic N) is 1. The van der Waals surface area contributed by atoms with Crippen LogP contribution < -0.4 is 0 Å². The maximum Gasteiger partial charge on any atom is 0.167 e. The van der Waals surface area contributed by atoms with Crippen LogP contribution in [0.3, 0.4) is 0 Å². The fraction of sp³-hybridized carbons (Fsp3) is 0.440. The maximum atomic E-state index is 9.94. The van der Waals surface area contributed by atoms with Crippen LogP contribution in [0.4, 0.5) is 0 Å². The minimum Gasteiger partial charge on any atom is -0.395 e. The van der Waals surface area contributed by atoms with Crippen molar-refractivity contribution >= 4 is 0 Å². The van der Waals surface area contributed by atoms with Crippen LogP contribution in [0.1, 0.15) is 36.2 Å². The molecule has 0 amide bonds. The minimum absolute atomic E-state index is 0.197. The van der Waals surface area contributed by atoms with Crippen LogP contribution in [-0.4, -0.2) is 67.8 Å². The van der Waals surface area contributed by atoms with E-state index in [1.54, 1.807) is 30.0 Å². The number of aliphatic hydroxyl groups excluding tert-OH is 3. The fourth-order valence-electron chi connectivity index (χ4n) is 4.85. The lowest BCUT2D eigenvalue weighted by Crippen LogP contribution is -2.27. The van der Waals surface area contributed by atoms with Gasteiger partial charge in [-0.15, -0.1) is 0 Å². The predicted molar refractivity (Wildman–Crippen MR) is 121 cm³/mol. The fourth-order valence-corrected chi connectivity index (χ4v) is 4.85. The number of fused-ring (bicyclic) bond motifs is 1. The molecular weight excluding hydrogens is 420 g/mol. The van der Waals surface area contributed by atoms with Crippen molar-refractivity contribution in [2.24, 2.45) is 17.8 Å². The van der Waals surface area contributed by atoms with Gasteiger partial charge in [0.15, 0.2) is 5.76 Å². The molecule has 5 rings (SSSR count). The topological polar surface area (TPSA) is 108 Å². The summed E-state index contributed by atoms with van der Waals surface area (Å²) in [6.07, 6.45) is 2.54. The van der Waals surface area contributed by atoms with E-state index in [-0.39, 0.29) is 13.2 Å². The molecule has 8 heteroatoms. The average Bonchev–Trinajstić information content (AvgIpc) is 3.32. The van der Waals surface area contributed by atoms with Gasteiger partial charge in [-0.3, -0.25) is 0 Å². The van der Waals surface area contributed by atoms with Crippen LogP contribution in [0.2, 0.25) is 0 Å². The zero-order valence-corrected chi connectivity index (χ0v) is 18.5. The third-order valence-corrected chi connectivity index (χ3v) is 6.69. The molecule has 33 heavy (non-hydrogen) atoms. The maximum absolute atomic E-state index is 9.94. The predicted octanol–water partition coefficient (Wildman–Crippen LogP) is 1.69. The number of hydrogen-bond acceptors (Lipinski definition) is 7. The SMILES string of the molecule is C[C@H](O)c1nccn1[C@H](CO)c1cc(-c2ccc(C#C[C@@H]3[C@H]4CN(CCO)C[C@@H]34)cc2)on1. The summed E-state index contributed by atoms with van der Waals surface area (Å²) in [5.41, 5.74) is 2.40. The van der Waals surface area contributed by atoms with Crippen molar-refractivity contribution in [1.82, 2.24) is 19.6 Å². The van der Waals surface area contributed by atoms with E-state index in [0.717, 1.165) is 30.8 Å². The monoisotopic (exact) mass is 448 g/mol. The van der Waals surface area contributed by atoms with Crippen LogP contribution >= 0.6 is 0 Å². The Balaban J connectivity index is 1.25. The van der Waals surface area contributed by atoms with Crippen LogP contribution in [-0.2, 0) is 0 Å². The first-order chi connectivity index (χ1) is 16.1. The van der Waals surface area contributed by atoms with Gasteiger partial charge in [0, 0.05) is 55.1 Å². The Labute approximate surface area is 192 Å². The van der Waals surface area contributed by atoms with Gasteiger partial charge in [0.2, 0.25) is 0 Å². The van der Waals surface area contributed by atoms with Crippen LogP contribution in [0.5, 0.6) is 0 Å². The van der Waals surface area contributed by atoms with Crippen molar-refractivity contribution in [3.8, 4) is 23.2 Å². The molecular formula is C25H28N4O4. The standard InChI is InChI=1S/C25H28N4O4/c1-16(32)25-26-8-9-29(25)23(15-31)22-12-24(33-27-22)18-5-2-17(3-6-18)4-7-19-20-13-28(10-11-30)14-21(19)20/h2-3,5-6,8-9,12,16,19-21,23,30-32H,10-11,13-15H2,1H3/t16-,19-,20-,21+,23+/m0/s1. The van der Waals surface area contributed by atoms with Gasteiger partial charge in [-0.2, -0.15) is 0 Å². The van der Waals surface area contributed by atoms with E-state index < -0.39 is 12.1 Å². The molecule has 0 unspecified atom stereocenters. The minimum atomic E-state index is -0.760. The summed E-state index contributed by atoms with van der Waals surface area (Å²) >= 11 is 0. The highest BCUT2D eigenvalue weighted by Gasteiger charge is 2.54. The van der Waals surface area contributed by atoms with Crippen molar-refractivity contribution in [2.45, 2.75) is 19.1 Å². The van der Waals surface area contributed by atoms with E-state index in [1.165, 1.54) is 0 Å². The van der Waals surface area contributed by atoms with E-state index in [9.17, 15) is 10.2 Å². The van der Waals surface area contributed by atoms with Gasteiger partial charge >= 0.3 is 0 Å². The highest BCUT2D eigenvalue weighted by atomic mass is 16.5. The lowest BCUT2D eigenvalue weighted by atomic mass is 10.1. The van der Waals surface area contributed by atoms with Crippen molar-refractivity contribution in [3.63, 3.8) is 0 Å². The molecule has 172 valence electrons. The zero-order valence-electron chi connectivity index (χ0n) is 18.5. The number of benzene rings is 1. The van der Waals surface area contributed by atoms with Gasteiger partial charge in [-0.1, -0.05) is 17.0 Å². The molecule has 1 aliphatic heterocycles. The molecule has 3 N–H and O–H groups in total.